The molecule has 5 aliphatic rings. The highest BCUT2D eigenvalue weighted by atomic mass is 16.7. The van der Waals surface area contributed by atoms with Gasteiger partial charge in [0.1, 0.15) is 11.5 Å². The van der Waals surface area contributed by atoms with Crippen molar-refractivity contribution >= 4 is 29.7 Å². The Balaban J connectivity index is 1.60. The average molecular weight is 553 g/mol. The van der Waals surface area contributed by atoms with Crippen molar-refractivity contribution in [3.05, 3.63) is 47.1 Å². The molecule has 0 amide bonds. The highest BCUT2D eigenvalue weighted by Crippen LogP contribution is 2.67. The van der Waals surface area contributed by atoms with Crippen LogP contribution < -0.4 is 0 Å². The number of ether oxygens (including phenoxy) is 3. The van der Waals surface area contributed by atoms with Crippen molar-refractivity contribution in [2.75, 3.05) is 0 Å². The number of Topliss-reactive ketones (excluding diaryl/α,β-unsaturated/α-hetero) is 1. The summed E-state index contributed by atoms with van der Waals surface area (Å²) < 4.78 is 17.4. The Morgan fingerprint density at radius 2 is 1.80 bits per heavy atom. The van der Waals surface area contributed by atoms with Gasteiger partial charge in [0, 0.05) is 18.4 Å². The molecule has 1 spiro atoms. The van der Waals surface area contributed by atoms with E-state index in [0.29, 0.717) is 18.4 Å². The van der Waals surface area contributed by atoms with Crippen molar-refractivity contribution in [2.45, 2.75) is 89.9 Å². The fourth-order valence-electron chi connectivity index (χ4n) is 7.40. The van der Waals surface area contributed by atoms with Crippen molar-refractivity contribution < 1.29 is 43.3 Å². The number of carboxylic acids is 1. The van der Waals surface area contributed by atoms with Gasteiger partial charge in [-0.15, -0.1) is 0 Å². The maximum absolute atomic E-state index is 13.7. The summed E-state index contributed by atoms with van der Waals surface area (Å²) in [6.07, 6.45) is 13.6. The first kappa shape index (κ1) is 28.2. The molecule has 0 radical (unpaired) electrons. The number of allylic oxidation sites excluding steroid dienone is 5. The number of hydrogen-bond acceptors (Lipinski definition) is 8. The first-order valence-corrected chi connectivity index (χ1v) is 14.3. The van der Waals surface area contributed by atoms with E-state index in [9.17, 15) is 29.1 Å². The molecule has 2 aliphatic carbocycles. The lowest BCUT2D eigenvalue weighted by atomic mass is 9.59. The number of carbonyl (C=O) groups excluding carboxylic acids is 4. The van der Waals surface area contributed by atoms with E-state index in [1.807, 2.05) is 38.2 Å². The minimum atomic E-state index is -1.82. The second-order valence-corrected chi connectivity index (χ2v) is 11.5. The molecular weight excluding hydrogens is 516 g/mol. The highest BCUT2D eigenvalue weighted by Gasteiger charge is 2.75. The van der Waals surface area contributed by atoms with Crippen LogP contribution in [-0.4, -0.2) is 46.7 Å². The molecule has 2 fully saturated rings. The van der Waals surface area contributed by atoms with Crippen LogP contribution in [0.3, 0.4) is 0 Å². The Bertz CT molecular complexity index is 1250. The number of carboxylic acid groups (broad SMARTS) is 1. The lowest BCUT2D eigenvalue weighted by Crippen LogP contribution is -2.59. The van der Waals surface area contributed by atoms with Gasteiger partial charge in [-0.05, 0) is 57.8 Å². The minimum absolute atomic E-state index is 0.0270. The molecule has 3 heterocycles. The van der Waals surface area contributed by atoms with Crippen LogP contribution in [0.25, 0.3) is 0 Å². The third-order valence-electron chi connectivity index (χ3n) is 9.11. The molecule has 4 unspecified atom stereocenters. The normalized spacial score (nSPS) is 34.1. The van der Waals surface area contributed by atoms with Crippen LogP contribution in [0.2, 0.25) is 0 Å². The molecule has 9 nitrogen and oxygen atoms in total. The fraction of sp³-hybridized carbons (Fsp3) is 0.581. The number of hydrogen-bond donors (Lipinski definition) is 1. The predicted octanol–water partition coefficient (Wildman–Crippen LogP) is 4.51. The smallest absolute Gasteiger partial charge is 0.343 e. The molecule has 2 saturated heterocycles. The van der Waals surface area contributed by atoms with E-state index in [4.69, 9.17) is 14.2 Å². The number of cyclic esters (lactones) is 2. The maximum Gasteiger partial charge on any atom is 0.343 e. The van der Waals surface area contributed by atoms with Crippen LogP contribution in [0.4, 0.5) is 0 Å². The summed E-state index contributed by atoms with van der Waals surface area (Å²) in [5.74, 6) is -7.03. The van der Waals surface area contributed by atoms with Gasteiger partial charge in [-0.25, -0.2) is 9.59 Å². The average Bonchev–Trinajstić information content (AvgIpc) is 3.25. The van der Waals surface area contributed by atoms with E-state index in [1.54, 1.807) is 0 Å². The quantitative estimate of drug-likeness (QED) is 0.161. The number of rotatable bonds is 12. The summed E-state index contributed by atoms with van der Waals surface area (Å²) in [5, 5.41) is 9.90. The molecule has 0 saturated carbocycles. The monoisotopic (exact) mass is 552 g/mol. The Morgan fingerprint density at radius 3 is 2.52 bits per heavy atom. The lowest BCUT2D eigenvalue weighted by molar-refractivity contribution is -0.268. The first-order chi connectivity index (χ1) is 19.2. The molecule has 9 heteroatoms. The van der Waals surface area contributed by atoms with Crippen molar-refractivity contribution in [1.82, 2.24) is 0 Å². The van der Waals surface area contributed by atoms with Crippen molar-refractivity contribution in [1.29, 1.82) is 0 Å². The zero-order chi connectivity index (χ0) is 28.7. The molecule has 214 valence electrons. The maximum atomic E-state index is 13.7. The standard InChI is InChI=1S/C31H36O9/c1-3-5-7-8-9-11-12-18-14-23-30(17-24(33)34)16-20-25(28(36)38-27(20)35)26-19(18)15-22(21(32)13-10-6-4-2)39-31(23,26)40-29(30)37/h3-6,14,18-19,22,26H,7-13,15-17H2,1-2H3,(H,33,34)/b5-3+,6-4+/t18?,19?,22-,26?,30-,31?/m1/s1. The van der Waals surface area contributed by atoms with E-state index in [2.05, 4.69) is 6.08 Å². The van der Waals surface area contributed by atoms with Gasteiger partial charge in [-0.1, -0.05) is 43.2 Å². The van der Waals surface area contributed by atoms with Gasteiger partial charge >= 0.3 is 23.9 Å². The second-order valence-electron chi connectivity index (χ2n) is 11.5. The van der Waals surface area contributed by atoms with Crippen LogP contribution in [0, 0.1) is 23.2 Å². The Morgan fingerprint density at radius 1 is 1.05 bits per heavy atom. The van der Waals surface area contributed by atoms with E-state index >= 15 is 0 Å². The second kappa shape index (κ2) is 10.9. The summed E-state index contributed by atoms with van der Waals surface area (Å²) in [6, 6.07) is 0. The van der Waals surface area contributed by atoms with E-state index in [-0.39, 0.29) is 41.6 Å². The summed E-state index contributed by atoms with van der Waals surface area (Å²) in [5.41, 5.74) is -1.25. The number of unbranched alkanes of at least 4 members (excludes halogenated alkanes) is 3. The van der Waals surface area contributed by atoms with E-state index in [1.165, 1.54) is 0 Å². The highest BCUT2D eigenvalue weighted by molar-refractivity contribution is 6.14. The summed E-state index contributed by atoms with van der Waals surface area (Å²) in [7, 11) is 0. The largest absolute Gasteiger partial charge is 0.481 e. The van der Waals surface area contributed by atoms with Crippen LogP contribution >= 0.6 is 0 Å². The molecule has 0 aromatic rings. The number of ketones is 1. The van der Waals surface area contributed by atoms with Crippen molar-refractivity contribution in [3.8, 4) is 0 Å². The molecule has 0 aromatic heterocycles. The van der Waals surface area contributed by atoms with E-state index in [0.717, 1.165) is 32.1 Å². The van der Waals surface area contributed by atoms with Gasteiger partial charge in [0.2, 0.25) is 5.79 Å². The van der Waals surface area contributed by atoms with Crippen molar-refractivity contribution in [2.24, 2.45) is 23.2 Å². The number of esters is 3. The topological polar surface area (TPSA) is 133 Å². The Hall–Kier alpha value is -3.33. The minimum Gasteiger partial charge on any atom is -0.481 e. The number of aliphatic carboxylic acids is 1. The van der Waals surface area contributed by atoms with Gasteiger partial charge in [-0.3, -0.25) is 14.4 Å². The molecule has 40 heavy (non-hydrogen) atoms. The molecule has 5 rings (SSSR count). The predicted molar refractivity (Wildman–Crippen MR) is 141 cm³/mol. The summed E-state index contributed by atoms with van der Waals surface area (Å²) >= 11 is 0. The van der Waals surface area contributed by atoms with Gasteiger partial charge in [-0.2, -0.15) is 0 Å². The first-order valence-electron chi connectivity index (χ1n) is 14.3. The summed E-state index contributed by atoms with van der Waals surface area (Å²) in [4.78, 5) is 65.1. The van der Waals surface area contributed by atoms with Crippen LogP contribution in [0.1, 0.15) is 78.1 Å². The zero-order valence-corrected chi connectivity index (χ0v) is 23.0. The zero-order valence-electron chi connectivity index (χ0n) is 23.0. The molecule has 1 N–H and O–H groups in total. The van der Waals surface area contributed by atoms with Crippen molar-refractivity contribution in [3.63, 3.8) is 0 Å². The molecule has 6 atom stereocenters. The number of carbonyl (C=O) groups is 5. The Kier molecular flexibility index (Phi) is 7.70. The van der Waals surface area contributed by atoms with Gasteiger partial charge in [0.15, 0.2) is 5.78 Å². The molecular formula is C31H36O9. The van der Waals surface area contributed by atoms with Gasteiger partial charge in [0.25, 0.3) is 0 Å². The van der Waals surface area contributed by atoms with Crippen LogP contribution in [-0.2, 0) is 38.2 Å². The third kappa shape index (κ3) is 4.48. The Labute approximate surface area is 233 Å². The fourth-order valence-corrected chi connectivity index (χ4v) is 7.40. The molecule has 3 aliphatic heterocycles. The summed E-state index contributed by atoms with van der Waals surface area (Å²) in [6.45, 7) is 3.86. The van der Waals surface area contributed by atoms with E-state index < -0.39 is 53.5 Å². The molecule has 5 bridgehead atoms. The van der Waals surface area contributed by atoms with Gasteiger partial charge in [0.05, 0.1) is 23.5 Å². The lowest BCUT2D eigenvalue weighted by Gasteiger charge is -2.52. The van der Waals surface area contributed by atoms with Crippen LogP contribution in [0.15, 0.2) is 47.1 Å². The van der Waals surface area contributed by atoms with Crippen LogP contribution in [0.5, 0.6) is 0 Å². The SMILES string of the molecule is C/C=C/CCCCCC1C=C2C34OC(=O)[C@@]2(CC(=O)O)CC2=C(C(=O)OC2=O)C3C1C[C@H](C(=O)CC/C=C/C)O4. The van der Waals surface area contributed by atoms with Gasteiger partial charge < -0.3 is 19.3 Å². The molecule has 0 aromatic carbocycles. The third-order valence-corrected chi connectivity index (χ3v) is 9.11.